The SMILES string of the molecule is C[N-]C.C[N-]C.C[N-]C.Cc1cc(C)c(C([N-]c2c(C(C)C)cccc2C(C)C)c2nc(-c3ccccc3)c(-c3ccccc3)o2)c(C)c1.[Hf]. The van der Waals surface area contributed by atoms with Gasteiger partial charge in [-0.1, -0.05) is 135 Å². The van der Waals surface area contributed by atoms with Crippen LogP contribution in [0.1, 0.15) is 84.8 Å². The van der Waals surface area contributed by atoms with Crippen LogP contribution in [-0.2, 0) is 25.8 Å². The molecular formula is C43H57HfN5O-4. The Morgan fingerprint density at radius 2 is 1.00 bits per heavy atom. The molecule has 5 rings (SSSR count). The predicted molar refractivity (Wildman–Crippen MR) is 213 cm³/mol. The van der Waals surface area contributed by atoms with E-state index >= 15 is 0 Å². The van der Waals surface area contributed by atoms with E-state index in [1.807, 2.05) is 36.4 Å². The monoisotopic (exact) mass is 839 g/mol. The molecule has 0 aliphatic heterocycles. The molecule has 6 nitrogen and oxygen atoms in total. The zero-order valence-electron chi connectivity index (χ0n) is 32.5. The van der Waals surface area contributed by atoms with E-state index in [1.165, 1.54) is 27.8 Å². The summed E-state index contributed by atoms with van der Waals surface area (Å²) in [6.45, 7) is 15.4. The minimum absolute atomic E-state index is 0. The number of aromatic nitrogens is 1. The normalized spacial score (nSPS) is 10.9. The molecule has 4 aromatic carbocycles. The van der Waals surface area contributed by atoms with E-state index in [0.717, 1.165) is 33.8 Å². The van der Waals surface area contributed by atoms with Crippen LogP contribution >= 0.6 is 0 Å². The van der Waals surface area contributed by atoms with Gasteiger partial charge in [0.1, 0.15) is 5.69 Å². The van der Waals surface area contributed by atoms with Gasteiger partial charge in [0.05, 0.1) is 0 Å². The number of hydrogen-bond acceptors (Lipinski definition) is 2. The maximum absolute atomic E-state index is 6.78. The van der Waals surface area contributed by atoms with Crippen molar-refractivity contribution in [3.05, 3.63) is 152 Å². The van der Waals surface area contributed by atoms with E-state index in [-0.39, 0.29) is 25.8 Å². The molecule has 50 heavy (non-hydrogen) atoms. The van der Waals surface area contributed by atoms with Gasteiger partial charge in [-0.05, 0) is 55.3 Å². The van der Waals surface area contributed by atoms with E-state index in [9.17, 15) is 0 Å². The van der Waals surface area contributed by atoms with Crippen LogP contribution in [0.4, 0.5) is 5.69 Å². The number of benzene rings is 4. The molecular weight excluding hydrogens is 781 g/mol. The number of nitrogens with zero attached hydrogens (tertiary/aromatic N) is 5. The van der Waals surface area contributed by atoms with Gasteiger partial charge < -0.3 is 25.7 Å². The van der Waals surface area contributed by atoms with Crippen molar-refractivity contribution in [3.63, 3.8) is 0 Å². The Morgan fingerprint density at radius 1 is 0.580 bits per heavy atom. The van der Waals surface area contributed by atoms with Crippen LogP contribution < -0.4 is 0 Å². The smallest absolute Gasteiger partial charge is 0.185 e. The molecule has 1 heterocycles. The molecule has 0 aliphatic rings. The summed E-state index contributed by atoms with van der Waals surface area (Å²) in [5.41, 5.74) is 11.2. The fourth-order valence-electron chi connectivity index (χ4n) is 5.69. The van der Waals surface area contributed by atoms with Gasteiger partial charge in [0.25, 0.3) is 0 Å². The number of rotatable bonds is 8. The third-order valence-corrected chi connectivity index (χ3v) is 7.57. The van der Waals surface area contributed by atoms with Crippen molar-refractivity contribution in [2.75, 3.05) is 42.3 Å². The minimum atomic E-state index is -0.391. The van der Waals surface area contributed by atoms with Gasteiger partial charge in [0.2, 0.25) is 0 Å². The Labute approximate surface area is 322 Å². The first kappa shape index (κ1) is 44.7. The van der Waals surface area contributed by atoms with E-state index in [4.69, 9.17) is 14.7 Å². The summed E-state index contributed by atoms with van der Waals surface area (Å²) < 4.78 is 6.78. The summed E-state index contributed by atoms with van der Waals surface area (Å²) >= 11 is 0. The second kappa shape index (κ2) is 23.2. The van der Waals surface area contributed by atoms with E-state index in [1.54, 1.807) is 42.3 Å². The summed E-state index contributed by atoms with van der Waals surface area (Å²) in [6, 6.07) is 31.2. The van der Waals surface area contributed by atoms with Gasteiger partial charge in [-0.15, -0.1) is 5.69 Å². The molecule has 0 radical (unpaired) electrons. The number of para-hydroxylation sites is 1. The van der Waals surface area contributed by atoms with Crippen molar-refractivity contribution >= 4 is 5.69 Å². The van der Waals surface area contributed by atoms with Gasteiger partial charge >= 0.3 is 0 Å². The van der Waals surface area contributed by atoms with Crippen LogP contribution in [-0.4, -0.2) is 47.3 Å². The van der Waals surface area contributed by atoms with Crippen LogP contribution in [0.15, 0.2) is 95.4 Å². The van der Waals surface area contributed by atoms with Crippen LogP contribution in [0.5, 0.6) is 0 Å². The molecule has 1 atom stereocenters. The Kier molecular flexibility index (Phi) is 20.7. The molecule has 1 unspecified atom stereocenters. The van der Waals surface area contributed by atoms with Gasteiger partial charge in [-0.2, -0.15) is 42.3 Å². The zero-order valence-corrected chi connectivity index (χ0v) is 36.1. The third kappa shape index (κ3) is 12.4. The summed E-state index contributed by atoms with van der Waals surface area (Å²) in [6.07, 6.45) is 0. The zero-order chi connectivity index (χ0) is 36.5. The van der Waals surface area contributed by atoms with E-state index < -0.39 is 6.04 Å². The van der Waals surface area contributed by atoms with Gasteiger partial charge in [0.15, 0.2) is 11.7 Å². The molecule has 0 aliphatic carbocycles. The quantitative estimate of drug-likeness (QED) is 0.146. The minimum Gasteiger partial charge on any atom is -0.670 e. The Morgan fingerprint density at radius 3 is 1.42 bits per heavy atom. The van der Waals surface area contributed by atoms with Crippen molar-refractivity contribution in [3.8, 4) is 22.6 Å². The van der Waals surface area contributed by atoms with Crippen molar-refractivity contribution in [1.29, 1.82) is 0 Å². The maximum Gasteiger partial charge on any atom is 0.185 e. The van der Waals surface area contributed by atoms with Crippen LogP contribution in [0.2, 0.25) is 0 Å². The van der Waals surface area contributed by atoms with Crippen molar-refractivity contribution in [2.24, 2.45) is 0 Å². The summed E-state index contributed by atoms with van der Waals surface area (Å²) in [4.78, 5) is 5.22. The van der Waals surface area contributed by atoms with Crippen molar-refractivity contribution in [2.45, 2.75) is 66.3 Å². The molecule has 0 saturated heterocycles. The third-order valence-electron chi connectivity index (χ3n) is 7.57. The van der Waals surface area contributed by atoms with E-state index in [2.05, 4.69) is 119 Å². The topological polar surface area (TPSA) is 82.4 Å². The molecule has 0 fully saturated rings. The molecule has 5 aromatic rings. The molecule has 0 saturated carbocycles. The Bertz CT molecular complexity index is 1560. The standard InChI is InChI=1S/C37H39N2O.3C2H6N.Hf/c1-23(2)30-19-14-20-31(24(3)4)34(30)38-35(32-26(6)21-25(5)22-27(32)7)37-39-33(28-15-10-8-11-16-28)36(40-37)29-17-12-9-13-18-29;3*1-3-2;/h8-24,35H,1-7H3;3*1-2H3;/q4*-1;. The molecule has 0 spiro atoms. The first-order valence-corrected chi connectivity index (χ1v) is 17.0. The summed E-state index contributed by atoms with van der Waals surface area (Å²) in [5, 5.41) is 16.1. The number of aryl methyl sites for hydroxylation is 3. The summed E-state index contributed by atoms with van der Waals surface area (Å²) in [7, 11) is 10.5. The van der Waals surface area contributed by atoms with Crippen molar-refractivity contribution in [1.82, 2.24) is 4.98 Å². The average molecular weight is 838 g/mol. The Hall–Kier alpha value is -3.36. The van der Waals surface area contributed by atoms with Crippen LogP contribution in [0.25, 0.3) is 43.8 Å². The van der Waals surface area contributed by atoms with Gasteiger partial charge in [-0.25, -0.2) is 4.98 Å². The molecule has 0 N–H and O–H groups in total. The van der Waals surface area contributed by atoms with E-state index in [0.29, 0.717) is 17.7 Å². The summed E-state index contributed by atoms with van der Waals surface area (Å²) in [5.74, 6) is 2.05. The largest absolute Gasteiger partial charge is 0.670 e. The van der Waals surface area contributed by atoms with Crippen LogP contribution in [0, 0.1) is 20.8 Å². The molecule has 1 aromatic heterocycles. The average Bonchev–Trinajstić information content (AvgIpc) is 3.51. The molecule has 268 valence electrons. The maximum atomic E-state index is 6.78. The molecule has 7 heteroatoms. The fourth-order valence-corrected chi connectivity index (χ4v) is 5.69. The first-order chi connectivity index (χ1) is 23.5. The van der Waals surface area contributed by atoms with Crippen LogP contribution in [0.3, 0.4) is 0 Å². The molecule has 0 bridgehead atoms. The number of oxazole rings is 1. The fraction of sp³-hybridized carbons (Fsp3) is 0.372. The predicted octanol–water partition coefficient (Wildman–Crippen LogP) is 12.8. The number of hydrogen-bond donors (Lipinski definition) is 0. The molecule has 0 amide bonds. The second-order valence-corrected chi connectivity index (χ2v) is 12.7. The second-order valence-electron chi connectivity index (χ2n) is 12.7. The Balaban J connectivity index is 0.00000113. The van der Waals surface area contributed by atoms with Gasteiger partial charge in [-0.3, -0.25) is 0 Å². The first-order valence-electron chi connectivity index (χ1n) is 17.0. The van der Waals surface area contributed by atoms with Gasteiger partial charge in [0, 0.05) is 37.0 Å². The van der Waals surface area contributed by atoms with Crippen molar-refractivity contribution < 1.29 is 30.3 Å².